The number of carbonyl (C=O) groups excluding carboxylic acids is 2. The number of rotatable bonds is 4. The van der Waals surface area contributed by atoms with E-state index in [1.54, 1.807) is 6.92 Å². The quantitative estimate of drug-likeness (QED) is 0.859. The number of nitrogens with zero attached hydrogens (tertiary/aromatic N) is 4. The van der Waals surface area contributed by atoms with Crippen LogP contribution in [0.1, 0.15) is 49.0 Å². The monoisotopic (exact) mass is 373 g/mol. The lowest BCUT2D eigenvalue weighted by Gasteiger charge is -2.26. The highest BCUT2D eigenvalue weighted by Gasteiger charge is 2.58. The van der Waals surface area contributed by atoms with E-state index in [-0.39, 0.29) is 35.5 Å². The van der Waals surface area contributed by atoms with Gasteiger partial charge in [-0.2, -0.15) is 4.98 Å². The average molecular weight is 373 g/mol. The highest BCUT2D eigenvalue weighted by molar-refractivity contribution is 5.91. The summed E-state index contributed by atoms with van der Waals surface area (Å²) in [5.41, 5.74) is -0.425. The van der Waals surface area contributed by atoms with Crippen molar-refractivity contribution in [3.05, 3.63) is 30.1 Å². The standard InChI is InChI=1S/C18H23N5O4/c1-10(2)16(25)23-7-12-4-13(21-15(24)14-6-19-9-26-14)5-18(12,8-23)17-20-11(3)22-27-17/h6,9-10,12-13H,4-5,7-8H2,1-3H3,(H,21,24)/t12-,13+,18-/m0/s1. The van der Waals surface area contributed by atoms with Gasteiger partial charge in [0, 0.05) is 25.0 Å². The van der Waals surface area contributed by atoms with Gasteiger partial charge in [0.25, 0.3) is 5.91 Å². The molecule has 1 saturated heterocycles. The molecule has 9 heteroatoms. The molecular formula is C18H23N5O4. The summed E-state index contributed by atoms with van der Waals surface area (Å²) in [5, 5.41) is 6.96. The Bertz CT molecular complexity index is 846. The van der Waals surface area contributed by atoms with E-state index in [1.807, 2.05) is 18.7 Å². The van der Waals surface area contributed by atoms with Crippen molar-refractivity contribution in [2.75, 3.05) is 13.1 Å². The first kappa shape index (κ1) is 17.7. The van der Waals surface area contributed by atoms with Gasteiger partial charge in [-0.1, -0.05) is 19.0 Å². The minimum atomic E-state index is -0.425. The van der Waals surface area contributed by atoms with Gasteiger partial charge in [0.2, 0.25) is 17.6 Å². The number of aromatic nitrogens is 3. The molecule has 2 aliphatic rings. The third kappa shape index (κ3) is 3.00. The van der Waals surface area contributed by atoms with Crippen LogP contribution in [0.4, 0.5) is 0 Å². The maximum atomic E-state index is 12.5. The Kier molecular flexibility index (Phi) is 4.24. The average Bonchev–Trinajstić information content (AvgIpc) is 3.36. The zero-order chi connectivity index (χ0) is 19.2. The van der Waals surface area contributed by atoms with Crippen molar-refractivity contribution in [3.8, 4) is 0 Å². The molecule has 0 unspecified atom stereocenters. The maximum absolute atomic E-state index is 12.5. The second-order valence-corrected chi connectivity index (χ2v) is 7.85. The normalized spacial score (nSPS) is 27.2. The van der Waals surface area contributed by atoms with Gasteiger partial charge in [0.15, 0.2) is 12.2 Å². The van der Waals surface area contributed by atoms with Crippen LogP contribution < -0.4 is 5.32 Å². The zero-order valence-electron chi connectivity index (χ0n) is 15.6. The van der Waals surface area contributed by atoms with Crippen LogP contribution in [0.5, 0.6) is 0 Å². The second kappa shape index (κ2) is 6.47. The van der Waals surface area contributed by atoms with Crippen molar-refractivity contribution in [2.24, 2.45) is 11.8 Å². The first-order chi connectivity index (χ1) is 12.9. The molecule has 3 heterocycles. The number of oxazole rings is 1. The highest BCUT2D eigenvalue weighted by atomic mass is 16.5. The van der Waals surface area contributed by atoms with Gasteiger partial charge in [-0.05, 0) is 25.7 Å². The largest absolute Gasteiger partial charge is 0.438 e. The zero-order valence-corrected chi connectivity index (χ0v) is 15.6. The molecule has 1 aliphatic heterocycles. The van der Waals surface area contributed by atoms with E-state index in [0.717, 1.165) is 6.42 Å². The summed E-state index contributed by atoms with van der Waals surface area (Å²) < 4.78 is 10.6. The molecular weight excluding hydrogens is 350 g/mol. The summed E-state index contributed by atoms with van der Waals surface area (Å²) in [6.07, 6.45) is 4.01. The molecule has 0 aromatic carbocycles. The van der Waals surface area contributed by atoms with Crippen molar-refractivity contribution in [1.29, 1.82) is 0 Å². The fraction of sp³-hybridized carbons (Fsp3) is 0.611. The number of nitrogens with one attached hydrogen (secondary N) is 1. The smallest absolute Gasteiger partial charge is 0.288 e. The summed E-state index contributed by atoms with van der Waals surface area (Å²) in [4.78, 5) is 35.0. The molecule has 27 heavy (non-hydrogen) atoms. The molecule has 0 spiro atoms. The Morgan fingerprint density at radius 2 is 2.22 bits per heavy atom. The Labute approximate surface area is 156 Å². The molecule has 1 saturated carbocycles. The van der Waals surface area contributed by atoms with Crippen molar-refractivity contribution in [3.63, 3.8) is 0 Å². The van der Waals surface area contributed by atoms with Gasteiger partial charge in [0.1, 0.15) is 0 Å². The van der Waals surface area contributed by atoms with Crippen LogP contribution in [0.15, 0.2) is 21.5 Å². The lowest BCUT2D eigenvalue weighted by atomic mass is 9.80. The lowest BCUT2D eigenvalue weighted by molar-refractivity contribution is -0.133. The van der Waals surface area contributed by atoms with E-state index >= 15 is 0 Å². The molecule has 0 radical (unpaired) electrons. The van der Waals surface area contributed by atoms with Gasteiger partial charge in [0.05, 0.1) is 11.6 Å². The minimum Gasteiger partial charge on any atom is -0.438 e. The number of amides is 2. The number of hydrogen-bond acceptors (Lipinski definition) is 7. The molecule has 2 aromatic heterocycles. The van der Waals surface area contributed by atoms with Gasteiger partial charge < -0.3 is 19.2 Å². The number of hydrogen-bond donors (Lipinski definition) is 1. The molecule has 1 N–H and O–H groups in total. The topological polar surface area (TPSA) is 114 Å². The lowest BCUT2D eigenvalue weighted by Crippen LogP contribution is -2.40. The van der Waals surface area contributed by atoms with E-state index in [4.69, 9.17) is 8.94 Å². The van der Waals surface area contributed by atoms with Crippen LogP contribution >= 0.6 is 0 Å². The van der Waals surface area contributed by atoms with Crippen molar-refractivity contribution < 1.29 is 18.5 Å². The Hall–Kier alpha value is -2.71. The van der Waals surface area contributed by atoms with Crippen LogP contribution in [0.2, 0.25) is 0 Å². The molecule has 9 nitrogen and oxygen atoms in total. The minimum absolute atomic E-state index is 0.0592. The van der Waals surface area contributed by atoms with Crippen LogP contribution in [0, 0.1) is 18.8 Å². The molecule has 2 fully saturated rings. The Balaban J connectivity index is 1.57. The van der Waals surface area contributed by atoms with Crippen LogP contribution in [-0.4, -0.2) is 51.0 Å². The van der Waals surface area contributed by atoms with E-state index in [9.17, 15) is 9.59 Å². The van der Waals surface area contributed by atoms with Gasteiger partial charge in [-0.3, -0.25) is 9.59 Å². The molecule has 1 aliphatic carbocycles. The van der Waals surface area contributed by atoms with E-state index in [2.05, 4.69) is 20.4 Å². The SMILES string of the molecule is Cc1noc([C@]23C[C@H](NC(=O)c4cnco4)C[C@H]2CN(C(=O)C(C)C)C3)n1. The van der Waals surface area contributed by atoms with E-state index in [0.29, 0.717) is 31.2 Å². The summed E-state index contributed by atoms with van der Waals surface area (Å²) in [6.45, 7) is 6.75. The Morgan fingerprint density at radius 1 is 1.41 bits per heavy atom. The molecule has 3 atom stereocenters. The summed E-state index contributed by atoms with van der Waals surface area (Å²) in [6, 6.07) is -0.0592. The predicted octanol–water partition coefficient (Wildman–Crippen LogP) is 1.31. The van der Waals surface area contributed by atoms with Gasteiger partial charge >= 0.3 is 0 Å². The fourth-order valence-electron chi connectivity index (χ4n) is 4.43. The third-order valence-corrected chi connectivity index (χ3v) is 5.63. The van der Waals surface area contributed by atoms with Gasteiger partial charge in [-0.15, -0.1) is 0 Å². The van der Waals surface area contributed by atoms with Crippen molar-refractivity contribution in [2.45, 2.75) is 45.1 Å². The van der Waals surface area contributed by atoms with Crippen molar-refractivity contribution in [1.82, 2.24) is 25.3 Å². The van der Waals surface area contributed by atoms with Crippen molar-refractivity contribution >= 4 is 11.8 Å². The van der Waals surface area contributed by atoms with E-state index < -0.39 is 5.41 Å². The maximum Gasteiger partial charge on any atom is 0.288 e. The fourth-order valence-corrected chi connectivity index (χ4v) is 4.43. The number of likely N-dealkylation sites (tertiary alicyclic amines) is 1. The summed E-state index contributed by atoms with van der Waals surface area (Å²) in [5.74, 6) is 1.24. The van der Waals surface area contributed by atoms with Gasteiger partial charge in [-0.25, -0.2) is 4.98 Å². The highest BCUT2D eigenvalue weighted by Crippen LogP contribution is 2.50. The third-order valence-electron chi connectivity index (χ3n) is 5.63. The molecule has 2 amide bonds. The number of fused-ring (bicyclic) bond motifs is 1. The molecule has 4 rings (SSSR count). The first-order valence-electron chi connectivity index (χ1n) is 9.18. The number of carbonyl (C=O) groups is 2. The summed E-state index contributed by atoms with van der Waals surface area (Å²) >= 11 is 0. The Morgan fingerprint density at radius 3 is 2.85 bits per heavy atom. The second-order valence-electron chi connectivity index (χ2n) is 7.85. The molecule has 2 aromatic rings. The van der Waals surface area contributed by atoms with Crippen LogP contribution in [0.3, 0.4) is 0 Å². The van der Waals surface area contributed by atoms with Crippen LogP contribution in [-0.2, 0) is 10.2 Å². The number of aryl methyl sites for hydroxylation is 1. The van der Waals surface area contributed by atoms with Crippen LogP contribution in [0.25, 0.3) is 0 Å². The van der Waals surface area contributed by atoms with E-state index in [1.165, 1.54) is 12.6 Å². The predicted molar refractivity (Wildman–Crippen MR) is 92.6 cm³/mol. The molecule has 144 valence electrons. The molecule has 0 bridgehead atoms. The first-order valence-corrected chi connectivity index (χ1v) is 9.18. The summed E-state index contributed by atoms with van der Waals surface area (Å²) in [7, 11) is 0.